The zero-order chi connectivity index (χ0) is 15.0. The number of fused-ring (bicyclic) bond motifs is 2. The summed E-state index contributed by atoms with van der Waals surface area (Å²) in [6.07, 6.45) is 5.05. The molecule has 0 radical (unpaired) electrons. The standard InChI is InChI=1S/C15H19BrN2O2S/c1-10(15-9-11-2-3-12(15)8-11)17-18-21(19,20)14-6-4-13(16)5-7-14/h4-7,11-12,15,18H,2-3,8-9H2,1H3/b17-10-/t11-,12+,15+/m0/s1. The van der Waals surface area contributed by atoms with Gasteiger partial charge in [0.25, 0.3) is 10.0 Å². The van der Waals surface area contributed by atoms with Crippen molar-refractivity contribution >= 4 is 31.7 Å². The maximum Gasteiger partial charge on any atom is 0.276 e. The summed E-state index contributed by atoms with van der Waals surface area (Å²) in [5.41, 5.74) is 0.919. The van der Waals surface area contributed by atoms with Gasteiger partial charge in [0.2, 0.25) is 0 Å². The summed E-state index contributed by atoms with van der Waals surface area (Å²) in [7, 11) is -3.57. The molecule has 1 N–H and O–H groups in total. The summed E-state index contributed by atoms with van der Waals surface area (Å²) in [4.78, 5) is 2.61. The van der Waals surface area contributed by atoms with Gasteiger partial charge in [0.15, 0.2) is 0 Å². The molecule has 3 rings (SSSR count). The lowest BCUT2D eigenvalue weighted by molar-refractivity contribution is 0.413. The van der Waals surface area contributed by atoms with Crippen molar-refractivity contribution < 1.29 is 8.42 Å². The molecule has 2 fully saturated rings. The lowest BCUT2D eigenvalue weighted by atomic mass is 9.86. The second-order valence-corrected chi connectivity index (χ2v) is 8.66. The molecule has 0 aliphatic heterocycles. The van der Waals surface area contributed by atoms with Crippen LogP contribution in [0.4, 0.5) is 0 Å². The molecule has 3 atom stereocenters. The van der Waals surface area contributed by atoms with Gasteiger partial charge in [-0.25, -0.2) is 4.83 Å². The van der Waals surface area contributed by atoms with Gasteiger partial charge in [0.05, 0.1) is 4.90 Å². The Bertz CT molecular complexity index is 655. The van der Waals surface area contributed by atoms with Crippen LogP contribution in [0, 0.1) is 17.8 Å². The van der Waals surface area contributed by atoms with E-state index in [0.717, 1.165) is 16.1 Å². The number of hydrogen-bond acceptors (Lipinski definition) is 3. The molecule has 21 heavy (non-hydrogen) atoms. The average molecular weight is 371 g/mol. The Hall–Kier alpha value is -0.880. The molecule has 2 bridgehead atoms. The first-order valence-corrected chi connectivity index (χ1v) is 9.55. The molecule has 0 aromatic heterocycles. The molecule has 0 heterocycles. The van der Waals surface area contributed by atoms with Crippen molar-refractivity contribution in [1.29, 1.82) is 0 Å². The highest BCUT2D eigenvalue weighted by Gasteiger charge is 2.40. The quantitative estimate of drug-likeness (QED) is 0.650. The number of sulfonamides is 1. The van der Waals surface area contributed by atoms with Crippen LogP contribution in [0.5, 0.6) is 0 Å². The van der Waals surface area contributed by atoms with Crippen LogP contribution < -0.4 is 4.83 Å². The van der Waals surface area contributed by atoms with Gasteiger partial charge >= 0.3 is 0 Å². The van der Waals surface area contributed by atoms with Gasteiger partial charge in [-0.3, -0.25) is 0 Å². The molecule has 2 aliphatic rings. The average Bonchev–Trinajstić information content (AvgIpc) is 3.08. The first kappa shape index (κ1) is 15.0. The van der Waals surface area contributed by atoms with Gasteiger partial charge in [-0.15, -0.1) is 0 Å². The second-order valence-electron chi connectivity index (χ2n) is 6.08. The van der Waals surface area contributed by atoms with Gasteiger partial charge in [0, 0.05) is 16.1 Å². The maximum atomic E-state index is 12.2. The van der Waals surface area contributed by atoms with Crippen molar-refractivity contribution in [1.82, 2.24) is 4.83 Å². The smallest absolute Gasteiger partial charge is 0.200 e. The first-order valence-electron chi connectivity index (χ1n) is 7.27. The minimum atomic E-state index is -3.57. The van der Waals surface area contributed by atoms with Gasteiger partial charge in [-0.1, -0.05) is 22.4 Å². The summed E-state index contributed by atoms with van der Waals surface area (Å²) in [6.45, 7) is 1.94. The third-order valence-corrected chi connectivity index (χ3v) is 6.49. The lowest BCUT2D eigenvalue weighted by Gasteiger charge is -2.21. The van der Waals surface area contributed by atoms with E-state index in [4.69, 9.17) is 0 Å². The topological polar surface area (TPSA) is 58.5 Å². The van der Waals surface area contributed by atoms with Gasteiger partial charge in [0.1, 0.15) is 0 Å². The van der Waals surface area contributed by atoms with Crippen LogP contribution in [0.3, 0.4) is 0 Å². The zero-order valence-corrected chi connectivity index (χ0v) is 14.3. The van der Waals surface area contributed by atoms with E-state index in [2.05, 4.69) is 25.9 Å². The summed E-state index contributed by atoms with van der Waals surface area (Å²) in [5.74, 6) is 1.99. The molecule has 0 spiro atoms. The van der Waals surface area contributed by atoms with Gasteiger partial charge < -0.3 is 0 Å². The summed E-state index contributed by atoms with van der Waals surface area (Å²) < 4.78 is 25.2. The monoisotopic (exact) mass is 370 g/mol. The first-order chi connectivity index (χ1) is 9.95. The largest absolute Gasteiger partial charge is 0.276 e. The van der Waals surface area contributed by atoms with Gasteiger partial charge in [-0.05, 0) is 62.3 Å². The number of hydrogen-bond donors (Lipinski definition) is 1. The minimum absolute atomic E-state index is 0.232. The Labute approximate surface area is 134 Å². The van der Waals surface area contributed by atoms with Crippen LogP contribution in [0.1, 0.15) is 32.6 Å². The fourth-order valence-electron chi connectivity index (χ4n) is 3.64. The molecule has 2 aliphatic carbocycles. The molecular formula is C15H19BrN2O2S. The molecule has 1 aromatic rings. The molecule has 1 aromatic carbocycles. The van der Waals surface area contributed by atoms with E-state index in [9.17, 15) is 8.42 Å². The molecular weight excluding hydrogens is 352 g/mol. The van der Waals surface area contributed by atoms with E-state index in [1.54, 1.807) is 24.3 Å². The molecule has 0 unspecified atom stereocenters. The second kappa shape index (κ2) is 5.72. The van der Waals surface area contributed by atoms with Crippen LogP contribution in [-0.4, -0.2) is 14.1 Å². The van der Waals surface area contributed by atoms with Crippen molar-refractivity contribution in [3.05, 3.63) is 28.7 Å². The Morgan fingerprint density at radius 3 is 2.52 bits per heavy atom. The number of nitrogens with one attached hydrogen (secondary N) is 1. The fraction of sp³-hybridized carbons (Fsp3) is 0.533. The van der Waals surface area contributed by atoms with E-state index in [0.29, 0.717) is 11.8 Å². The van der Waals surface area contributed by atoms with E-state index in [1.165, 1.54) is 25.7 Å². The third-order valence-electron chi connectivity index (χ3n) is 4.74. The molecule has 0 amide bonds. The predicted molar refractivity (Wildman–Crippen MR) is 86.5 cm³/mol. The van der Waals surface area contributed by atoms with Crippen molar-refractivity contribution in [2.75, 3.05) is 0 Å². The van der Waals surface area contributed by atoms with Gasteiger partial charge in [-0.2, -0.15) is 13.5 Å². The van der Waals surface area contributed by atoms with E-state index in [-0.39, 0.29) is 4.90 Å². The minimum Gasteiger partial charge on any atom is -0.200 e. The Morgan fingerprint density at radius 2 is 1.95 bits per heavy atom. The van der Waals surface area contributed by atoms with Crippen LogP contribution in [0.25, 0.3) is 0 Å². The van der Waals surface area contributed by atoms with Crippen LogP contribution >= 0.6 is 15.9 Å². The highest BCUT2D eigenvalue weighted by molar-refractivity contribution is 9.10. The van der Waals surface area contributed by atoms with Crippen LogP contribution in [0.2, 0.25) is 0 Å². The number of benzene rings is 1. The van der Waals surface area contributed by atoms with Crippen LogP contribution in [-0.2, 0) is 10.0 Å². The van der Waals surface area contributed by atoms with Crippen molar-refractivity contribution in [3.8, 4) is 0 Å². The molecule has 2 saturated carbocycles. The number of halogens is 1. The Morgan fingerprint density at radius 1 is 1.24 bits per heavy atom. The highest BCUT2D eigenvalue weighted by Crippen LogP contribution is 2.48. The van der Waals surface area contributed by atoms with Crippen molar-refractivity contribution in [3.63, 3.8) is 0 Å². The Kier molecular flexibility index (Phi) is 4.10. The summed E-state index contributed by atoms with van der Waals surface area (Å²) in [5, 5.41) is 4.16. The Balaban J connectivity index is 1.71. The third kappa shape index (κ3) is 3.16. The van der Waals surface area contributed by atoms with E-state index >= 15 is 0 Å². The summed E-state index contributed by atoms with van der Waals surface area (Å²) in [6, 6.07) is 6.55. The molecule has 4 nitrogen and oxygen atoms in total. The molecule has 0 saturated heterocycles. The highest BCUT2D eigenvalue weighted by atomic mass is 79.9. The van der Waals surface area contributed by atoms with E-state index < -0.39 is 10.0 Å². The number of hydrazone groups is 1. The van der Waals surface area contributed by atoms with Crippen molar-refractivity contribution in [2.24, 2.45) is 22.9 Å². The molecule has 6 heteroatoms. The van der Waals surface area contributed by atoms with E-state index in [1.807, 2.05) is 6.92 Å². The van der Waals surface area contributed by atoms with Crippen molar-refractivity contribution in [2.45, 2.75) is 37.5 Å². The molecule has 114 valence electrons. The predicted octanol–water partition coefficient (Wildman–Crippen LogP) is 3.54. The number of rotatable bonds is 4. The van der Waals surface area contributed by atoms with Crippen LogP contribution in [0.15, 0.2) is 38.7 Å². The SMILES string of the molecule is C/C(=N/NS(=O)(=O)c1ccc(Br)cc1)[C@H]1C[C@H]2CC[C@@H]1C2. The fourth-order valence-corrected chi connectivity index (χ4v) is 4.77. The summed E-state index contributed by atoms with van der Waals surface area (Å²) >= 11 is 3.29. The maximum absolute atomic E-state index is 12.2. The normalized spacial score (nSPS) is 28.9. The number of nitrogens with zero attached hydrogens (tertiary/aromatic N) is 1. The zero-order valence-electron chi connectivity index (χ0n) is 11.9. The lowest BCUT2D eigenvalue weighted by Crippen LogP contribution is -2.24.